The highest BCUT2D eigenvalue weighted by atomic mass is 32.2. The minimum Gasteiger partial charge on any atom is -0.341 e. The van der Waals surface area contributed by atoms with Crippen LogP contribution >= 0.6 is 0 Å². The molecule has 7 nitrogen and oxygen atoms in total. The standard InChI is InChI=1S/C13H22N4O3S/c1-11-8-14-17(9-11)10-13(18)16-6-4-12(5-7-16)15(2)21(3,19)20/h8-9,12H,4-7,10H2,1-3H3. The molecular formula is C13H22N4O3S. The number of aromatic nitrogens is 2. The summed E-state index contributed by atoms with van der Waals surface area (Å²) in [4.78, 5) is 14.0. The van der Waals surface area contributed by atoms with Crippen molar-refractivity contribution in [3.63, 3.8) is 0 Å². The van der Waals surface area contributed by atoms with E-state index in [4.69, 9.17) is 0 Å². The first kappa shape index (κ1) is 16.0. The number of carbonyl (C=O) groups is 1. The number of likely N-dealkylation sites (tertiary alicyclic amines) is 1. The van der Waals surface area contributed by atoms with Crippen LogP contribution in [-0.4, -0.2) is 65.7 Å². The fourth-order valence-electron chi connectivity index (χ4n) is 2.54. The van der Waals surface area contributed by atoms with Gasteiger partial charge in [0.15, 0.2) is 0 Å². The van der Waals surface area contributed by atoms with Crippen LogP contribution in [-0.2, 0) is 21.4 Å². The lowest BCUT2D eigenvalue weighted by Gasteiger charge is -2.35. The highest BCUT2D eigenvalue weighted by molar-refractivity contribution is 7.88. The first-order chi connectivity index (χ1) is 9.77. The smallest absolute Gasteiger partial charge is 0.244 e. The second-order valence-corrected chi connectivity index (χ2v) is 7.65. The molecule has 2 heterocycles. The maximum Gasteiger partial charge on any atom is 0.244 e. The number of rotatable bonds is 4. The Balaban J connectivity index is 1.87. The normalized spacial score (nSPS) is 17.4. The Morgan fingerprint density at radius 2 is 2.05 bits per heavy atom. The van der Waals surface area contributed by atoms with Gasteiger partial charge >= 0.3 is 0 Å². The van der Waals surface area contributed by atoms with Crippen LogP contribution in [0.4, 0.5) is 0 Å². The van der Waals surface area contributed by atoms with Crippen LogP contribution in [0.5, 0.6) is 0 Å². The van der Waals surface area contributed by atoms with Gasteiger partial charge in [0.05, 0.1) is 12.5 Å². The summed E-state index contributed by atoms with van der Waals surface area (Å²) in [7, 11) is -1.57. The molecule has 0 saturated carbocycles. The third kappa shape index (κ3) is 4.04. The van der Waals surface area contributed by atoms with E-state index < -0.39 is 10.0 Å². The van der Waals surface area contributed by atoms with Crippen molar-refractivity contribution < 1.29 is 13.2 Å². The minimum atomic E-state index is -3.17. The third-order valence-electron chi connectivity index (χ3n) is 3.91. The Morgan fingerprint density at radius 3 is 2.52 bits per heavy atom. The minimum absolute atomic E-state index is 0.0176. The predicted octanol–water partition coefficient (Wildman–Crippen LogP) is 0.0739. The van der Waals surface area contributed by atoms with Gasteiger partial charge in [0.25, 0.3) is 0 Å². The fraction of sp³-hybridized carbons (Fsp3) is 0.692. The van der Waals surface area contributed by atoms with Crippen LogP contribution in [0.2, 0.25) is 0 Å². The number of piperidine rings is 1. The maximum absolute atomic E-state index is 12.2. The van der Waals surface area contributed by atoms with E-state index in [0.717, 1.165) is 5.56 Å². The van der Waals surface area contributed by atoms with Gasteiger partial charge in [-0.1, -0.05) is 0 Å². The summed E-state index contributed by atoms with van der Waals surface area (Å²) in [5.74, 6) is 0.0264. The van der Waals surface area contributed by atoms with E-state index in [1.165, 1.54) is 10.6 Å². The fourth-order valence-corrected chi connectivity index (χ4v) is 3.29. The van der Waals surface area contributed by atoms with Gasteiger partial charge < -0.3 is 4.90 Å². The molecule has 1 aliphatic heterocycles. The van der Waals surface area contributed by atoms with Crippen molar-refractivity contribution in [1.29, 1.82) is 0 Å². The van der Waals surface area contributed by atoms with Crippen molar-refractivity contribution in [1.82, 2.24) is 19.0 Å². The molecule has 1 aromatic rings. The highest BCUT2D eigenvalue weighted by Crippen LogP contribution is 2.17. The molecule has 1 fully saturated rings. The van der Waals surface area contributed by atoms with Gasteiger partial charge in [-0.25, -0.2) is 12.7 Å². The summed E-state index contributed by atoms with van der Waals surface area (Å²) >= 11 is 0. The Hall–Kier alpha value is -1.41. The Labute approximate surface area is 125 Å². The first-order valence-corrected chi connectivity index (χ1v) is 8.82. The lowest BCUT2D eigenvalue weighted by Crippen LogP contribution is -2.47. The molecular weight excluding hydrogens is 292 g/mol. The van der Waals surface area contributed by atoms with Gasteiger partial charge in [0.1, 0.15) is 6.54 Å². The second-order valence-electron chi connectivity index (χ2n) is 5.61. The maximum atomic E-state index is 12.2. The predicted molar refractivity (Wildman–Crippen MR) is 79.2 cm³/mol. The van der Waals surface area contributed by atoms with Crippen molar-refractivity contribution in [3.05, 3.63) is 18.0 Å². The largest absolute Gasteiger partial charge is 0.341 e. The first-order valence-electron chi connectivity index (χ1n) is 6.97. The zero-order chi connectivity index (χ0) is 15.6. The molecule has 1 saturated heterocycles. The summed E-state index contributed by atoms with van der Waals surface area (Å²) in [6.45, 7) is 3.34. The molecule has 21 heavy (non-hydrogen) atoms. The molecule has 1 aliphatic rings. The van der Waals surface area contributed by atoms with Gasteiger partial charge in [-0.15, -0.1) is 0 Å². The average molecular weight is 314 g/mol. The van der Waals surface area contributed by atoms with Gasteiger partial charge in [-0.05, 0) is 25.3 Å². The average Bonchev–Trinajstić information content (AvgIpc) is 2.82. The van der Waals surface area contributed by atoms with Gasteiger partial charge in [-0.2, -0.15) is 5.10 Å². The topological polar surface area (TPSA) is 75.5 Å². The molecule has 2 rings (SSSR count). The molecule has 0 bridgehead atoms. The number of nitrogens with zero attached hydrogens (tertiary/aromatic N) is 4. The molecule has 1 aromatic heterocycles. The zero-order valence-electron chi connectivity index (χ0n) is 12.7. The van der Waals surface area contributed by atoms with Crippen molar-refractivity contribution in [2.45, 2.75) is 32.4 Å². The summed E-state index contributed by atoms with van der Waals surface area (Å²) in [6, 6.07) is -0.0176. The quantitative estimate of drug-likeness (QED) is 0.788. The van der Waals surface area contributed by atoms with E-state index in [0.29, 0.717) is 25.9 Å². The lowest BCUT2D eigenvalue weighted by atomic mass is 10.1. The van der Waals surface area contributed by atoms with E-state index in [1.54, 1.807) is 22.8 Å². The van der Waals surface area contributed by atoms with Crippen molar-refractivity contribution in [3.8, 4) is 0 Å². The number of carbonyl (C=O) groups excluding carboxylic acids is 1. The molecule has 8 heteroatoms. The molecule has 0 N–H and O–H groups in total. The van der Waals surface area contributed by atoms with Crippen LogP contribution in [0.1, 0.15) is 18.4 Å². The van der Waals surface area contributed by atoms with Crippen LogP contribution in [0.3, 0.4) is 0 Å². The molecule has 118 valence electrons. The Bertz CT molecular complexity index is 603. The number of hydrogen-bond donors (Lipinski definition) is 0. The molecule has 0 atom stereocenters. The number of aryl methyl sites for hydroxylation is 1. The van der Waals surface area contributed by atoms with E-state index in [-0.39, 0.29) is 18.5 Å². The molecule has 1 amide bonds. The number of hydrogen-bond acceptors (Lipinski definition) is 4. The number of amides is 1. The van der Waals surface area contributed by atoms with E-state index >= 15 is 0 Å². The van der Waals surface area contributed by atoms with Crippen LogP contribution in [0, 0.1) is 6.92 Å². The van der Waals surface area contributed by atoms with E-state index in [1.807, 2.05) is 13.1 Å². The van der Waals surface area contributed by atoms with Crippen molar-refractivity contribution in [2.75, 3.05) is 26.4 Å². The second kappa shape index (κ2) is 6.15. The molecule has 0 radical (unpaired) electrons. The van der Waals surface area contributed by atoms with Gasteiger partial charge in [0, 0.05) is 32.4 Å². The summed E-state index contributed by atoms with van der Waals surface area (Å²) in [5, 5.41) is 4.11. The lowest BCUT2D eigenvalue weighted by molar-refractivity contribution is -0.133. The summed E-state index contributed by atoms with van der Waals surface area (Å²) in [6.07, 6.45) is 6.12. The van der Waals surface area contributed by atoms with Crippen molar-refractivity contribution >= 4 is 15.9 Å². The Kier molecular flexibility index (Phi) is 4.67. The van der Waals surface area contributed by atoms with Crippen LogP contribution in [0.25, 0.3) is 0 Å². The summed E-state index contributed by atoms with van der Waals surface area (Å²) < 4.78 is 26.1. The highest BCUT2D eigenvalue weighted by Gasteiger charge is 2.28. The molecule has 0 spiro atoms. The Morgan fingerprint density at radius 1 is 1.43 bits per heavy atom. The molecule has 0 aliphatic carbocycles. The van der Waals surface area contributed by atoms with Crippen molar-refractivity contribution in [2.24, 2.45) is 0 Å². The van der Waals surface area contributed by atoms with E-state index in [9.17, 15) is 13.2 Å². The number of sulfonamides is 1. The molecule has 0 aromatic carbocycles. The molecule has 0 unspecified atom stereocenters. The SMILES string of the molecule is Cc1cnn(CC(=O)N2CCC(N(C)S(C)(=O)=O)CC2)c1. The van der Waals surface area contributed by atoms with Gasteiger partial charge in [0.2, 0.25) is 15.9 Å². The summed E-state index contributed by atoms with van der Waals surface area (Å²) in [5.41, 5.74) is 1.02. The zero-order valence-corrected chi connectivity index (χ0v) is 13.5. The van der Waals surface area contributed by atoms with Crippen LogP contribution in [0.15, 0.2) is 12.4 Å². The monoisotopic (exact) mass is 314 g/mol. The third-order valence-corrected chi connectivity index (χ3v) is 5.26. The van der Waals surface area contributed by atoms with Crippen LogP contribution < -0.4 is 0 Å². The van der Waals surface area contributed by atoms with E-state index in [2.05, 4.69) is 5.10 Å². The van der Waals surface area contributed by atoms with Gasteiger partial charge in [-0.3, -0.25) is 9.48 Å².